The first kappa shape index (κ1) is 20.5. The van der Waals surface area contributed by atoms with Crippen molar-refractivity contribution in [1.29, 1.82) is 0 Å². The Morgan fingerprint density at radius 1 is 0.897 bits per heavy atom. The van der Waals surface area contributed by atoms with Crippen molar-refractivity contribution in [2.75, 3.05) is 0 Å². The number of fused-ring (bicyclic) bond motifs is 1. The van der Waals surface area contributed by atoms with Gasteiger partial charge in [0.1, 0.15) is 6.04 Å². The zero-order valence-electron chi connectivity index (χ0n) is 16.7. The van der Waals surface area contributed by atoms with Crippen LogP contribution in [0.5, 0.6) is 0 Å². The molecule has 0 saturated heterocycles. The van der Waals surface area contributed by atoms with Gasteiger partial charge in [-0.15, -0.1) is 0 Å². The van der Waals surface area contributed by atoms with E-state index < -0.39 is 29.8 Å². The van der Waals surface area contributed by atoms with Crippen LogP contribution in [0.2, 0.25) is 0 Å². The maximum Gasteiger partial charge on any atom is 0.262 e. The van der Waals surface area contributed by atoms with Crippen molar-refractivity contribution in [2.45, 2.75) is 39.3 Å². The van der Waals surface area contributed by atoms with E-state index in [1.54, 1.807) is 24.3 Å². The Labute approximate surface area is 169 Å². The van der Waals surface area contributed by atoms with Crippen molar-refractivity contribution in [3.05, 3.63) is 71.3 Å². The monoisotopic (exact) mass is 392 g/mol. The lowest BCUT2D eigenvalue weighted by Crippen LogP contribution is -2.55. The molecule has 150 valence electrons. The van der Waals surface area contributed by atoms with E-state index in [0.29, 0.717) is 0 Å². The first-order valence-corrected chi connectivity index (χ1v) is 9.63. The van der Waals surface area contributed by atoms with Crippen LogP contribution in [-0.2, 0) is 16.0 Å². The zero-order valence-corrected chi connectivity index (χ0v) is 16.7. The highest BCUT2D eigenvalue weighted by atomic mass is 16.2. The van der Waals surface area contributed by atoms with Crippen molar-refractivity contribution in [3.8, 4) is 0 Å². The minimum atomic E-state index is -1.05. The second kappa shape index (κ2) is 8.39. The quantitative estimate of drug-likeness (QED) is 0.734. The molecule has 2 unspecified atom stereocenters. The van der Waals surface area contributed by atoms with Gasteiger partial charge in [-0.2, -0.15) is 0 Å². The molecule has 0 aromatic heterocycles. The first-order valence-electron chi connectivity index (χ1n) is 9.63. The predicted octanol–water partition coefficient (Wildman–Crippen LogP) is 2.62. The van der Waals surface area contributed by atoms with Gasteiger partial charge in [0.05, 0.1) is 17.2 Å². The number of ketones is 1. The van der Waals surface area contributed by atoms with E-state index in [1.165, 1.54) is 6.92 Å². The van der Waals surface area contributed by atoms with E-state index in [0.717, 1.165) is 10.5 Å². The van der Waals surface area contributed by atoms with Crippen molar-refractivity contribution < 1.29 is 19.2 Å². The molecule has 2 atom stereocenters. The summed E-state index contributed by atoms with van der Waals surface area (Å²) >= 11 is 0. The van der Waals surface area contributed by atoms with E-state index in [9.17, 15) is 19.2 Å². The average Bonchev–Trinajstić information content (AvgIpc) is 2.95. The van der Waals surface area contributed by atoms with Crippen LogP contribution in [0.25, 0.3) is 0 Å². The summed E-state index contributed by atoms with van der Waals surface area (Å²) < 4.78 is 0. The number of rotatable bonds is 7. The van der Waals surface area contributed by atoms with Crippen molar-refractivity contribution in [3.63, 3.8) is 0 Å². The summed E-state index contributed by atoms with van der Waals surface area (Å²) in [6, 6.07) is 14.0. The Hall–Kier alpha value is -3.28. The highest BCUT2D eigenvalue weighted by molar-refractivity contribution is 6.22. The maximum atomic E-state index is 13.2. The Morgan fingerprint density at radius 3 is 1.90 bits per heavy atom. The number of nitrogens with zero attached hydrogens (tertiary/aromatic N) is 1. The third kappa shape index (κ3) is 4.11. The van der Waals surface area contributed by atoms with E-state index in [-0.39, 0.29) is 29.2 Å². The van der Waals surface area contributed by atoms with Gasteiger partial charge in [0.25, 0.3) is 11.8 Å². The second-order valence-corrected chi connectivity index (χ2v) is 7.57. The maximum absolute atomic E-state index is 13.2. The Morgan fingerprint density at radius 2 is 1.41 bits per heavy atom. The molecule has 1 heterocycles. The third-order valence-electron chi connectivity index (χ3n) is 5.11. The highest BCUT2D eigenvalue weighted by Crippen LogP contribution is 2.26. The van der Waals surface area contributed by atoms with E-state index >= 15 is 0 Å². The fourth-order valence-electron chi connectivity index (χ4n) is 3.62. The molecular formula is C23H24N2O4. The van der Waals surface area contributed by atoms with Crippen molar-refractivity contribution in [2.24, 2.45) is 5.92 Å². The minimum absolute atomic E-state index is 0.115. The molecule has 2 aromatic carbocycles. The number of imide groups is 1. The topological polar surface area (TPSA) is 83.6 Å². The number of carbonyl (C=O) groups is 4. The lowest BCUT2D eigenvalue weighted by molar-refractivity contribution is -0.130. The molecule has 1 N–H and O–H groups in total. The van der Waals surface area contributed by atoms with Crippen LogP contribution < -0.4 is 5.32 Å². The molecule has 0 saturated carbocycles. The molecule has 2 aromatic rings. The van der Waals surface area contributed by atoms with Crippen molar-refractivity contribution >= 4 is 23.5 Å². The van der Waals surface area contributed by atoms with Gasteiger partial charge in [0.2, 0.25) is 5.91 Å². The van der Waals surface area contributed by atoms with Crippen LogP contribution in [0.4, 0.5) is 0 Å². The Balaban J connectivity index is 1.96. The molecule has 3 rings (SSSR count). The van der Waals surface area contributed by atoms with Gasteiger partial charge in [-0.1, -0.05) is 56.3 Å². The molecule has 0 bridgehead atoms. The molecule has 29 heavy (non-hydrogen) atoms. The van der Waals surface area contributed by atoms with Gasteiger partial charge in [-0.05, 0) is 30.5 Å². The summed E-state index contributed by atoms with van der Waals surface area (Å²) in [4.78, 5) is 52.1. The molecule has 0 fully saturated rings. The standard InChI is InChI=1S/C23H24N2O4/c1-14(2)20(15(3)26)24-21(27)19(13-16-9-5-4-6-10-16)25-22(28)17-11-7-8-12-18(17)23(25)29/h4-12,14,19-20H,13H2,1-3H3,(H,24,27). The van der Waals surface area contributed by atoms with Crippen LogP contribution in [0, 0.1) is 5.92 Å². The molecular weight excluding hydrogens is 368 g/mol. The minimum Gasteiger partial charge on any atom is -0.344 e. The van der Waals surface area contributed by atoms with E-state index in [4.69, 9.17) is 0 Å². The molecule has 1 aliphatic rings. The summed E-state index contributed by atoms with van der Waals surface area (Å²) in [6.45, 7) is 5.08. The third-order valence-corrected chi connectivity index (χ3v) is 5.11. The largest absolute Gasteiger partial charge is 0.344 e. The Kier molecular flexibility index (Phi) is 5.92. The number of nitrogens with one attached hydrogen (secondary N) is 1. The molecule has 0 spiro atoms. The van der Waals surface area contributed by atoms with Crippen molar-refractivity contribution in [1.82, 2.24) is 10.2 Å². The number of hydrogen-bond acceptors (Lipinski definition) is 4. The normalized spacial score (nSPS) is 15.2. The summed E-state index contributed by atoms with van der Waals surface area (Å²) in [5.74, 6) is -1.79. The van der Waals surface area contributed by atoms with Crippen LogP contribution in [-0.4, -0.2) is 40.5 Å². The molecule has 0 radical (unpaired) electrons. The number of amides is 3. The lowest BCUT2D eigenvalue weighted by atomic mass is 9.98. The average molecular weight is 392 g/mol. The van der Waals surface area contributed by atoms with Gasteiger partial charge >= 0.3 is 0 Å². The molecule has 0 aliphatic carbocycles. The van der Waals surface area contributed by atoms with Gasteiger partial charge < -0.3 is 5.32 Å². The zero-order chi connectivity index (χ0) is 21.1. The number of hydrogen-bond donors (Lipinski definition) is 1. The SMILES string of the molecule is CC(=O)C(NC(=O)C(Cc1ccccc1)N1C(=O)c2ccccc2C1=O)C(C)C. The molecule has 6 nitrogen and oxygen atoms in total. The first-order chi connectivity index (χ1) is 13.8. The van der Waals surface area contributed by atoms with Gasteiger partial charge in [0.15, 0.2) is 5.78 Å². The molecule has 1 aliphatic heterocycles. The number of Topliss-reactive ketones (excluding diaryl/α,β-unsaturated/α-hetero) is 1. The van der Waals surface area contributed by atoms with Crippen LogP contribution in [0.3, 0.4) is 0 Å². The second-order valence-electron chi connectivity index (χ2n) is 7.57. The number of benzene rings is 2. The van der Waals surface area contributed by atoms with Crippen LogP contribution >= 0.6 is 0 Å². The van der Waals surface area contributed by atoms with E-state index in [2.05, 4.69) is 5.32 Å². The molecule has 3 amide bonds. The predicted molar refractivity (Wildman–Crippen MR) is 108 cm³/mol. The van der Waals surface area contributed by atoms with Gasteiger partial charge in [0, 0.05) is 6.42 Å². The summed E-state index contributed by atoms with van der Waals surface area (Å²) in [6.07, 6.45) is 0.168. The summed E-state index contributed by atoms with van der Waals surface area (Å²) in [5.41, 5.74) is 1.39. The smallest absolute Gasteiger partial charge is 0.262 e. The van der Waals surface area contributed by atoms with Gasteiger partial charge in [-0.25, -0.2) is 0 Å². The number of carbonyl (C=O) groups excluding carboxylic acids is 4. The highest BCUT2D eigenvalue weighted by Gasteiger charge is 2.43. The van der Waals surface area contributed by atoms with Crippen LogP contribution in [0.1, 0.15) is 47.1 Å². The van der Waals surface area contributed by atoms with Crippen LogP contribution in [0.15, 0.2) is 54.6 Å². The summed E-state index contributed by atoms with van der Waals surface area (Å²) in [7, 11) is 0. The summed E-state index contributed by atoms with van der Waals surface area (Å²) in [5, 5.41) is 2.75. The lowest BCUT2D eigenvalue weighted by Gasteiger charge is -2.28. The Bertz CT molecular complexity index is 917. The van der Waals surface area contributed by atoms with E-state index in [1.807, 2.05) is 44.2 Å². The van der Waals surface area contributed by atoms with Gasteiger partial charge in [-0.3, -0.25) is 24.1 Å². The molecule has 6 heteroatoms. The fourth-order valence-corrected chi connectivity index (χ4v) is 3.62. The fraction of sp³-hybridized carbons (Fsp3) is 0.304.